The number of hydrogen-bond acceptors (Lipinski definition) is 6. The zero-order chi connectivity index (χ0) is 18.7. The number of anilines is 2. The maximum Gasteiger partial charge on any atom is 0.292 e. The molecule has 26 heavy (non-hydrogen) atoms. The van der Waals surface area contributed by atoms with Gasteiger partial charge in [-0.05, 0) is 24.3 Å². The van der Waals surface area contributed by atoms with Gasteiger partial charge < -0.3 is 9.64 Å². The number of halogens is 1. The van der Waals surface area contributed by atoms with Crippen molar-refractivity contribution in [3.63, 3.8) is 0 Å². The van der Waals surface area contributed by atoms with Crippen LogP contribution in [0.5, 0.6) is 0 Å². The zero-order valence-corrected chi connectivity index (χ0v) is 14.4. The predicted molar refractivity (Wildman–Crippen MR) is 93.3 cm³/mol. The van der Waals surface area contributed by atoms with E-state index in [1.54, 1.807) is 24.3 Å². The van der Waals surface area contributed by atoms with E-state index < -0.39 is 31.3 Å². The Kier molecular flexibility index (Phi) is 5.05. The van der Waals surface area contributed by atoms with E-state index in [9.17, 15) is 22.9 Å². The topological polar surface area (TPSA) is 102 Å². The van der Waals surface area contributed by atoms with Gasteiger partial charge in [0.1, 0.15) is 5.82 Å². The second-order valence-corrected chi connectivity index (χ2v) is 7.24. The van der Waals surface area contributed by atoms with Crippen molar-refractivity contribution >= 4 is 27.1 Å². The fraction of sp³-hybridized carbons (Fsp3) is 0.250. The summed E-state index contributed by atoms with van der Waals surface area (Å²) in [5.74, 6) is -0.885. The van der Waals surface area contributed by atoms with Gasteiger partial charge in [0.2, 0.25) is 0 Å². The van der Waals surface area contributed by atoms with Crippen LogP contribution in [0.2, 0.25) is 0 Å². The lowest BCUT2D eigenvalue weighted by molar-refractivity contribution is -0.388. The number of nitro groups is 1. The van der Waals surface area contributed by atoms with Gasteiger partial charge in [-0.1, -0.05) is 12.1 Å². The summed E-state index contributed by atoms with van der Waals surface area (Å²) in [5, 5.41) is 11.1. The highest BCUT2D eigenvalue weighted by Crippen LogP contribution is 2.31. The van der Waals surface area contributed by atoms with E-state index in [-0.39, 0.29) is 5.69 Å². The largest absolute Gasteiger partial charge is 0.378 e. The summed E-state index contributed by atoms with van der Waals surface area (Å²) in [6.45, 7) is 2.22. The fourth-order valence-corrected chi connectivity index (χ4v) is 3.93. The molecule has 0 aromatic heterocycles. The molecule has 1 aliphatic rings. The number of para-hydroxylation sites is 2. The van der Waals surface area contributed by atoms with Gasteiger partial charge in [0.05, 0.1) is 35.6 Å². The van der Waals surface area contributed by atoms with E-state index in [1.807, 2.05) is 4.90 Å². The van der Waals surface area contributed by atoms with Gasteiger partial charge in [-0.2, -0.15) is 0 Å². The van der Waals surface area contributed by atoms with Crippen LogP contribution in [-0.4, -0.2) is 39.6 Å². The van der Waals surface area contributed by atoms with Crippen LogP contribution < -0.4 is 9.62 Å². The van der Waals surface area contributed by atoms with Crippen molar-refractivity contribution in [1.29, 1.82) is 0 Å². The van der Waals surface area contributed by atoms with Crippen LogP contribution in [0, 0.1) is 15.9 Å². The molecule has 0 radical (unpaired) electrons. The number of benzene rings is 2. The van der Waals surface area contributed by atoms with Crippen LogP contribution in [0.3, 0.4) is 0 Å². The van der Waals surface area contributed by atoms with E-state index in [1.165, 1.54) is 0 Å². The van der Waals surface area contributed by atoms with Crippen molar-refractivity contribution in [2.45, 2.75) is 4.90 Å². The van der Waals surface area contributed by atoms with Crippen molar-refractivity contribution in [1.82, 2.24) is 0 Å². The average molecular weight is 381 g/mol. The van der Waals surface area contributed by atoms with E-state index >= 15 is 0 Å². The van der Waals surface area contributed by atoms with Crippen molar-refractivity contribution in [2.75, 3.05) is 35.9 Å². The fourth-order valence-electron chi connectivity index (χ4n) is 2.70. The molecule has 0 unspecified atom stereocenters. The standard InChI is InChI=1S/C16H16FN3O5S/c17-12-5-6-16(15(11-12)20(21)22)26(23,24)18-13-3-1-2-4-14(13)19-7-9-25-10-8-19/h1-6,11,18H,7-10H2. The van der Waals surface area contributed by atoms with Gasteiger partial charge in [-0.15, -0.1) is 0 Å². The normalized spacial score (nSPS) is 14.9. The number of ether oxygens (including phenoxy) is 1. The van der Waals surface area contributed by atoms with Crippen LogP contribution in [0.25, 0.3) is 0 Å². The highest BCUT2D eigenvalue weighted by molar-refractivity contribution is 7.92. The number of hydrogen-bond donors (Lipinski definition) is 1. The Labute approximate surface area is 149 Å². The highest BCUT2D eigenvalue weighted by Gasteiger charge is 2.27. The van der Waals surface area contributed by atoms with Gasteiger partial charge in [-0.3, -0.25) is 14.8 Å². The van der Waals surface area contributed by atoms with Gasteiger partial charge in [-0.25, -0.2) is 12.8 Å². The minimum absolute atomic E-state index is 0.285. The molecular formula is C16H16FN3O5S. The molecule has 1 aliphatic heterocycles. The highest BCUT2D eigenvalue weighted by atomic mass is 32.2. The number of sulfonamides is 1. The third-order valence-electron chi connectivity index (χ3n) is 3.91. The van der Waals surface area contributed by atoms with Gasteiger partial charge in [0.15, 0.2) is 4.90 Å². The molecule has 0 aliphatic carbocycles. The first kappa shape index (κ1) is 18.1. The summed E-state index contributed by atoms with van der Waals surface area (Å²) in [7, 11) is -4.28. The van der Waals surface area contributed by atoms with Gasteiger partial charge in [0, 0.05) is 13.1 Å². The summed E-state index contributed by atoms with van der Waals surface area (Å²) in [4.78, 5) is 11.5. The lowest BCUT2D eigenvalue weighted by Gasteiger charge is -2.30. The third-order valence-corrected chi connectivity index (χ3v) is 5.32. The minimum atomic E-state index is -4.28. The van der Waals surface area contributed by atoms with Crippen LogP contribution in [0.4, 0.5) is 21.5 Å². The summed E-state index contributed by atoms with van der Waals surface area (Å²) < 4.78 is 46.3. The van der Waals surface area contributed by atoms with Crippen LogP contribution in [-0.2, 0) is 14.8 Å². The summed E-state index contributed by atoms with van der Waals surface area (Å²) in [5.41, 5.74) is 0.110. The second-order valence-electron chi connectivity index (χ2n) is 5.59. The maximum absolute atomic E-state index is 13.3. The molecule has 2 aromatic carbocycles. The minimum Gasteiger partial charge on any atom is -0.378 e. The first-order valence-electron chi connectivity index (χ1n) is 7.77. The van der Waals surface area contributed by atoms with Crippen molar-refractivity contribution in [3.8, 4) is 0 Å². The Morgan fingerprint density at radius 1 is 1.15 bits per heavy atom. The van der Waals surface area contributed by atoms with Crippen molar-refractivity contribution in [3.05, 3.63) is 58.4 Å². The van der Waals surface area contributed by atoms with Crippen LogP contribution >= 0.6 is 0 Å². The second kappa shape index (κ2) is 7.26. The molecule has 0 atom stereocenters. The Morgan fingerprint density at radius 3 is 2.54 bits per heavy atom. The van der Waals surface area contributed by atoms with Crippen molar-refractivity contribution < 1.29 is 22.5 Å². The van der Waals surface area contributed by atoms with Crippen LogP contribution in [0.1, 0.15) is 0 Å². The Balaban J connectivity index is 1.98. The lowest BCUT2D eigenvalue weighted by atomic mass is 10.2. The van der Waals surface area contributed by atoms with Gasteiger partial charge >= 0.3 is 0 Å². The summed E-state index contributed by atoms with van der Waals surface area (Å²) in [6.07, 6.45) is 0. The molecule has 1 fully saturated rings. The molecule has 0 saturated carbocycles. The monoisotopic (exact) mass is 381 g/mol. The average Bonchev–Trinajstić information content (AvgIpc) is 2.62. The summed E-state index contributed by atoms with van der Waals surface area (Å²) in [6, 6.07) is 9.08. The smallest absolute Gasteiger partial charge is 0.292 e. The third kappa shape index (κ3) is 3.75. The van der Waals surface area contributed by atoms with Gasteiger partial charge in [0.25, 0.3) is 15.7 Å². The van der Waals surface area contributed by atoms with Crippen LogP contribution in [0.15, 0.2) is 47.4 Å². The molecular weight excluding hydrogens is 365 g/mol. The molecule has 10 heteroatoms. The first-order valence-corrected chi connectivity index (χ1v) is 9.25. The van der Waals surface area contributed by atoms with E-state index in [4.69, 9.17) is 4.74 Å². The molecule has 2 aromatic rings. The molecule has 1 N–H and O–H groups in total. The molecule has 1 saturated heterocycles. The Morgan fingerprint density at radius 2 is 1.85 bits per heavy atom. The Hall–Kier alpha value is -2.72. The molecule has 0 bridgehead atoms. The number of rotatable bonds is 5. The maximum atomic E-state index is 13.3. The lowest BCUT2D eigenvalue weighted by Crippen LogP contribution is -2.36. The number of nitrogens with one attached hydrogen (secondary N) is 1. The van der Waals surface area contributed by atoms with E-state index in [0.717, 1.165) is 12.1 Å². The zero-order valence-electron chi connectivity index (χ0n) is 13.6. The molecule has 0 amide bonds. The molecule has 8 nitrogen and oxygen atoms in total. The number of morpholine rings is 1. The number of nitro benzene ring substituents is 1. The molecule has 1 heterocycles. The Bertz CT molecular complexity index is 929. The SMILES string of the molecule is O=[N+]([O-])c1cc(F)ccc1S(=O)(=O)Nc1ccccc1N1CCOCC1. The predicted octanol–water partition coefficient (Wildman–Crippen LogP) is 2.37. The molecule has 138 valence electrons. The molecule has 0 spiro atoms. The van der Waals surface area contributed by atoms with Crippen molar-refractivity contribution in [2.24, 2.45) is 0 Å². The van der Waals surface area contributed by atoms with E-state index in [0.29, 0.717) is 38.1 Å². The number of nitrogens with zero attached hydrogens (tertiary/aromatic N) is 2. The first-order chi connectivity index (χ1) is 12.4. The van der Waals surface area contributed by atoms with E-state index in [2.05, 4.69) is 4.72 Å². The molecule has 3 rings (SSSR count). The summed E-state index contributed by atoms with van der Waals surface area (Å²) >= 11 is 0. The quantitative estimate of drug-likeness (QED) is 0.630.